The van der Waals surface area contributed by atoms with Gasteiger partial charge in [-0.2, -0.15) is 0 Å². The number of methoxy groups -OCH3 is 1. The molecule has 0 aliphatic rings. The number of ether oxygens (including phenoxy) is 1. The monoisotopic (exact) mass is 247 g/mol. The lowest BCUT2D eigenvalue weighted by Gasteiger charge is -2.15. The van der Waals surface area contributed by atoms with Crippen LogP contribution >= 0.6 is 0 Å². The fourth-order valence-electron chi connectivity index (χ4n) is 1.31. The molecule has 1 aromatic carbocycles. The third-order valence-electron chi connectivity index (χ3n) is 2.49. The molecule has 0 spiro atoms. The highest BCUT2D eigenvalue weighted by Gasteiger charge is 2.22. The largest absolute Gasteiger partial charge is 0.465 e. The zero-order chi connectivity index (χ0) is 13.8. The summed E-state index contributed by atoms with van der Waals surface area (Å²) in [6, 6.07) is 4.87. The van der Waals surface area contributed by atoms with E-state index >= 15 is 0 Å². The first-order valence-corrected chi connectivity index (χ1v) is 5.50. The number of nitrogens with one attached hydrogen (secondary N) is 1. The van der Waals surface area contributed by atoms with Crippen LogP contribution in [0.2, 0.25) is 0 Å². The van der Waals surface area contributed by atoms with E-state index in [1.807, 2.05) is 13.8 Å². The summed E-state index contributed by atoms with van der Waals surface area (Å²) in [6.45, 7) is 11.1. The zero-order valence-corrected chi connectivity index (χ0v) is 10.8. The molecule has 0 unspecified atom stereocenters. The summed E-state index contributed by atoms with van der Waals surface area (Å²) in [5, 5.41) is 3.08. The number of hydrogen-bond acceptors (Lipinski definition) is 4. The molecule has 5 heteroatoms. The second kappa shape index (κ2) is 5.41. The molecule has 0 aliphatic heterocycles. The van der Waals surface area contributed by atoms with Crippen LogP contribution < -0.4 is 11.1 Å². The number of nitrogens with zero attached hydrogens (tertiary/aromatic N) is 1. The van der Waals surface area contributed by atoms with Gasteiger partial charge in [0.2, 0.25) is 5.54 Å². The third-order valence-corrected chi connectivity index (χ3v) is 2.49. The number of nitrogens with two attached hydrogens (primary N) is 1. The number of anilines is 2. The number of carbonyl (C=O) groups excluding carboxylic acids is 1. The van der Waals surface area contributed by atoms with Gasteiger partial charge < -0.3 is 20.6 Å². The van der Waals surface area contributed by atoms with Crippen molar-refractivity contribution >= 4 is 17.3 Å². The summed E-state index contributed by atoms with van der Waals surface area (Å²) >= 11 is 0. The Morgan fingerprint density at radius 2 is 2.22 bits per heavy atom. The molecule has 18 heavy (non-hydrogen) atoms. The van der Waals surface area contributed by atoms with Crippen molar-refractivity contribution in [1.29, 1.82) is 0 Å². The molecule has 0 radical (unpaired) electrons. The Balaban J connectivity index is 2.89. The summed E-state index contributed by atoms with van der Waals surface area (Å²) in [6.07, 6.45) is 0. The van der Waals surface area contributed by atoms with Crippen molar-refractivity contribution in [1.82, 2.24) is 0 Å². The molecule has 0 aromatic heterocycles. The average Bonchev–Trinajstić information content (AvgIpc) is 2.37. The molecule has 0 bridgehead atoms. The van der Waals surface area contributed by atoms with Gasteiger partial charge in [0.05, 0.1) is 30.6 Å². The van der Waals surface area contributed by atoms with Gasteiger partial charge in [0, 0.05) is 13.8 Å². The molecular formula is C13H17N3O2. The van der Waals surface area contributed by atoms with Gasteiger partial charge in [-0.15, -0.1) is 0 Å². The maximum Gasteiger partial charge on any atom is 0.337 e. The molecule has 0 fully saturated rings. The fourth-order valence-corrected chi connectivity index (χ4v) is 1.31. The minimum absolute atomic E-state index is 0.414. The lowest BCUT2D eigenvalue weighted by molar-refractivity contribution is 0.0601. The van der Waals surface area contributed by atoms with E-state index in [9.17, 15) is 4.79 Å². The fraction of sp³-hybridized carbons (Fsp3) is 0.385. The van der Waals surface area contributed by atoms with Gasteiger partial charge >= 0.3 is 5.97 Å². The first kappa shape index (κ1) is 13.8. The SMILES string of the molecule is [C-]#[N+]C(C)(C)CNc1cc(C(=O)OC)ccc1N. The molecule has 0 aliphatic carbocycles. The van der Waals surface area contributed by atoms with Crippen LogP contribution in [0.25, 0.3) is 4.85 Å². The Labute approximate surface area is 107 Å². The van der Waals surface area contributed by atoms with Crippen LogP contribution in [0.5, 0.6) is 0 Å². The Hall–Kier alpha value is -2.22. The predicted molar refractivity (Wildman–Crippen MR) is 71.4 cm³/mol. The lowest BCUT2D eigenvalue weighted by Crippen LogP contribution is -2.26. The molecule has 1 aromatic rings. The molecule has 1 rings (SSSR count). The number of hydrogen-bond donors (Lipinski definition) is 2. The van der Waals surface area contributed by atoms with Crippen LogP contribution in [-0.4, -0.2) is 25.2 Å². The Kier molecular flexibility index (Phi) is 4.16. The smallest absolute Gasteiger partial charge is 0.337 e. The minimum Gasteiger partial charge on any atom is -0.465 e. The van der Waals surface area contributed by atoms with E-state index in [-0.39, 0.29) is 0 Å². The van der Waals surface area contributed by atoms with Crippen molar-refractivity contribution in [3.63, 3.8) is 0 Å². The molecule has 0 atom stereocenters. The van der Waals surface area contributed by atoms with Gasteiger partial charge in [-0.05, 0) is 18.2 Å². The maximum atomic E-state index is 11.4. The van der Waals surface area contributed by atoms with E-state index in [1.165, 1.54) is 7.11 Å². The second-order valence-corrected chi connectivity index (χ2v) is 4.57. The maximum absolute atomic E-state index is 11.4. The summed E-state index contributed by atoms with van der Waals surface area (Å²) in [5.41, 5.74) is 6.88. The van der Waals surface area contributed by atoms with Crippen molar-refractivity contribution in [2.75, 3.05) is 24.7 Å². The Morgan fingerprint density at radius 3 is 2.78 bits per heavy atom. The third kappa shape index (κ3) is 3.39. The molecule has 0 saturated heterocycles. The van der Waals surface area contributed by atoms with Crippen LogP contribution in [0, 0.1) is 6.57 Å². The number of nitrogen functional groups attached to an aromatic ring is 1. The van der Waals surface area contributed by atoms with Crippen LogP contribution in [0.1, 0.15) is 24.2 Å². The van der Waals surface area contributed by atoms with Gasteiger partial charge in [-0.25, -0.2) is 11.4 Å². The van der Waals surface area contributed by atoms with E-state index in [0.717, 1.165) is 0 Å². The first-order valence-electron chi connectivity index (χ1n) is 5.50. The number of carbonyl (C=O) groups is 1. The minimum atomic E-state index is -0.520. The second-order valence-electron chi connectivity index (χ2n) is 4.57. The summed E-state index contributed by atoms with van der Waals surface area (Å²) in [5.74, 6) is -0.414. The van der Waals surface area contributed by atoms with E-state index in [2.05, 4.69) is 14.9 Å². The van der Waals surface area contributed by atoms with E-state index in [1.54, 1.807) is 18.2 Å². The Morgan fingerprint density at radius 1 is 1.56 bits per heavy atom. The average molecular weight is 247 g/mol. The molecule has 3 N–H and O–H groups in total. The Bertz CT molecular complexity index is 489. The van der Waals surface area contributed by atoms with Crippen molar-refractivity contribution in [2.45, 2.75) is 19.4 Å². The summed E-state index contributed by atoms with van der Waals surface area (Å²) in [7, 11) is 1.33. The molecular weight excluding hydrogens is 230 g/mol. The van der Waals surface area contributed by atoms with Gasteiger partial charge in [0.15, 0.2) is 0 Å². The van der Waals surface area contributed by atoms with Crippen LogP contribution in [0.15, 0.2) is 18.2 Å². The summed E-state index contributed by atoms with van der Waals surface area (Å²) < 4.78 is 4.64. The topological polar surface area (TPSA) is 68.7 Å². The van der Waals surface area contributed by atoms with E-state index in [4.69, 9.17) is 12.3 Å². The van der Waals surface area contributed by atoms with Gasteiger partial charge in [0.1, 0.15) is 0 Å². The number of benzene rings is 1. The molecule has 96 valence electrons. The van der Waals surface area contributed by atoms with Gasteiger partial charge in [-0.1, -0.05) is 0 Å². The van der Waals surface area contributed by atoms with Crippen LogP contribution in [0.4, 0.5) is 11.4 Å². The quantitative estimate of drug-likeness (QED) is 0.486. The normalized spacial score (nSPS) is 10.6. The number of esters is 1. The molecule has 5 nitrogen and oxygen atoms in total. The number of rotatable bonds is 4. The first-order chi connectivity index (χ1) is 8.39. The van der Waals surface area contributed by atoms with Crippen molar-refractivity contribution in [2.24, 2.45) is 0 Å². The van der Waals surface area contributed by atoms with Crippen molar-refractivity contribution < 1.29 is 9.53 Å². The molecule has 0 amide bonds. The van der Waals surface area contributed by atoms with Crippen LogP contribution in [0.3, 0.4) is 0 Å². The van der Waals surface area contributed by atoms with Crippen LogP contribution in [-0.2, 0) is 4.74 Å². The van der Waals surface area contributed by atoms with E-state index in [0.29, 0.717) is 23.5 Å². The highest BCUT2D eigenvalue weighted by atomic mass is 16.5. The van der Waals surface area contributed by atoms with Gasteiger partial charge in [-0.3, -0.25) is 0 Å². The molecule has 0 heterocycles. The predicted octanol–water partition coefficient (Wildman–Crippen LogP) is 2.17. The highest BCUT2D eigenvalue weighted by molar-refractivity contribution is 5.91. The summed E-state index contributed by atoms with van der Waals surface area (Å²) in [4.78, 5) is 14.9. The standard InChI is InChI=1S/C13H17N3O2/c1-13(2,15-3)8-16-11-7-9(12(17)18-4)5-6-10(11)14/h5-7,16H,8,14H2,1-2,4H3. The lowest BCUT2D eigenvalue weighted by atomic mass is 10.1. The van der Waals surface area contributed by atoms with Crippen molar-refractivity contribution in [3.05, 3.63) is 35.2 Å². The highest BCUT2D eigenvalue weighted by Crippen LogP contribution is 2.22. The van der Waals surface area contributed by atoms with Crippen molar-refractivity contribution in [3.8, 4) is 0 Å². The van der Waals surface area contributed by atoms with Gasteiger partial charge in [0.25, 0.3) is 0 Å². The zero-order valence-electron chi connectivity index (χ0n) is 10.8. The molecule has 0 saturated carbocycles. The van der Waals surface area contributed by atoms with E-state index < -0.39 is 11.5 Å².